The third-order valence-electron chi connectivity index (χ3n) is 3.12. The third kappa shape index (κ3) is 1.21. The molecule has 0 saturated carbocycles. The number of hydrogen-bond donors (Lipinski definition) is 0. The van der Waals surface area contributed by atoms with E-state index in [1.807, 2.05) is 22.7 Å². The van der Waals surface area contributed by atoms with Gasteiger partial charge in [0, 0.05) is 11.6 Å². The summed E-state index contributed by atoms with van der Waals surface area (Å²) in [5.74, 6) is 0. The molecule has 1 aliphatic heterocycles. The van der Waals surface area contributed by atoms with Crippen molar-refractivity contribution >= 4 is 16.5 Å². The molecule has 16 heavy (non-hydrogen) atoms. The highest BCUT2D eigenvalue weighted by Gasteiger charge is 2.28. The van der Waals surface area contributed by atoms with Crippen molar-refractivity contribution < 1.29 is 8.78 Å². The molecule has 3 nitrogen and oxygen atoms in total. The maximum absolute atomic E-state index is 5.44. The minimum atomic E-state index is 0.146. The molecule has 0 aromatic carbocycles. The molecule has 0 atom stereocenters. The first-order valence-corrected chi connectivity index (χ1v) is 5.54. The van der Waals surface area contributed by atoms with Crippen LogP contribution in [0.5, 0.6) is 0 Å². The smallest absolute Gasteiger partial charge is 0.250 e. The van der Waals surface area contributed by atoms with Crippen LogP contribution in [0.2, 0.25) is 0 Å². The molecule has 3 rings (SSSR count). The van der Waals surface area contributed by atoms with Gasteiger partial charge in [0.25, 0.3) is 5.35 Å². The molecule has 2 aromatic rings. The lowest BCUT2D eigenvalue weighted by atomic mass is 9.86. The average Bonchev–Trinajstić information content (AvgIpc) is 2.81. The highest BCUT2D eigenvalue weighted by Crippen LogP contribution is 2.27. The van der Waals surface area contributed by atoms with E-state index in [1.165, 1.54) is 10.9 Å². The van der Waals surface area contributed by atoms with E-state index >= 15 is 0 Å². The molecule has 0 N–H and O–H groups in total. The Labute approximate surface area is 93.7 Å². The van der Waals surface area contributed by atoms with Crippen LogP contribution in [0.15, 0.2) is 34.1 Å². The first kappa shape index (κ1) is 9.58. The zero-order chi connectivity index (χ0) is 11.3. The molecular weight excluding hydrogens is 200 g/mol. The van der Waals surface area contributed by atoms with E-state index in [0.29, 0.717) is 0 Å². The van der Waals surface area contributed by atoms with Crippen LogP contribution >= 0.6 is 0 Å². The number of nitrogens with zero attached hydrogens (tertiary/aromatic N) is 2. The fourth-order valence-corrected chi connectivity index (χ4v) is 2.21. The molecular formula is C13H15N2O+. The summed E-state index contributed by atoms with van der Waals surface area (Å²) in [7, 11) is 0. The first-order valence-electron chi connectivity index (χ1n) is 5.54. The summed E-state index contributed by atoms with van der Waals surface area (Å²) < 4.78 is 7.41. The standard InChI is InChI=1S/C13H15N2O/c1-13(2,3)10-8-14-15-6-4-11-9(12(10)15)5-7-16-11/h4-7H,8H2,1-3H3/q+1. The van der Waals surface area contributed by atoms with Gasteiger partial charge in [-0.3, -0.25) is 0 Å². The highest BCUT2D eigenvalue weighted by molar-refractivity contribution is 5.78. The quantitative estimate of drug-likeness (QED) is 0.618. The molecule has 3 heteroatoms. The van der Waals surface area contributed by atoms with Gasteiger partial charge in [-0.2, -0.15) is 0 Å². The number of pyridine rings is 1. The predicted octanol–water partition coefficient (Wildman–Crippen LogP) is 1.96. The van der Waals surface area contributed by atoms with Crippen molar-refractivity contribution in [3.05, 3.63) is 29.9 Å². The van der Waals surface area contributed by atoms with Crippen molar-refractivity contribution in [2.24, 2.45) is 10.5 Å². The molecule has 3 heterocycles. The average molecular weight is 215 g/mol. The fraction of sp³-hybridized carbons (Fsp3) is 0.385. The molecule has 0 saturated heterocycles. The summed E-state index contributed by atoms with van der Waals surface area (Å²) in [6, 6.07) is 3.99. The van der Waals surface area contributed by atoms with Gasteiger partial charge >= 0.3 is 0 Å². The number of hydrogen-bond acceptors (Lipinski definition) is 2. The Morgan fingerprint density at radius 1 is 1.31 bits per heavy atom. The summed E-state index contributed by atoms with van der Waals surface area (Å²) in [6.45, 7) is 7.47. The van der Waals surface area contributed by atoms with Crippen molar-refractivity contribution in [2.75, 3.05) is 6.54 Å². The van der Waals surface area contributed by atoms with Crippen LogP contribution in [-0.4, -0.2) is 6.54 Å². The Morgan fingerprint density at radius 3 is 2.88 bits per heavy atom. The molecule has 0 amide bonds. The van der Waals surface area contributed by atoms with Crippen LogP contribution in [-0.2, 0) is 0 Å². The van der Waals surface area contributed by atoms with Crippen molar-refractivity contribution in [2.45, 2.75) is 20.8 Å². The Morgan fingerprint density at radius 2 is 2.12 bits per heavy atom. The van der Waals surface area contributed by atoms with E-state index < -0.39 is 0 Å². The predicted molar refractivity (Wildman–Crippen MR) is 61.6 cm³/mol. The van der Waals surface area contributed by atoms with E-state index in [1.54, 1.807) is 6.26 Å². The molecule has 0 fully saturated rings. The number of fused-ring (bicyclic) bond motifs is 3. The van der Waals surface area contributed by atoms with Crippen LogP contribution < -0.4 is 9.71 Å². The Hall–Kier alpha value is -1.64. The van der Waals surface area contributed by atoms with E-state index in [9.17, 15) is 0 Å². The zero-order valence-electron chi connectivity index (χ0n) is 9.82. The molecule has 0 radical (unpaired) electrons. The molecule has 0 unspecified atom stereocenters. The maximum Gasteiger partial charge on any atom is 0.250 e. The number of aromatic nitrogens is 1. The summed E-state index contributed by atoms with van der Waals surface area (Å²) in [5, 5.41) is 6.88. The van der Waals surface area contributed by atoms with Gasteiger partial charge < -0.3 is 4.42 Å². The van der Waals surface area contributed by atoms with E-state index in [2.05, 4.69) is 25.9 Å². The van der Waals surface area contributed by atoms with Crippen LogP contribution in [0, 0.1) is 5.41 Å². The summed E-state index contributed by atoms with van der Waals surface area (Å²) in [5.41, 5.74) is 2.46. The van der Waals surface area contributed by atoms with Crippen LogP contribution in [0.1, 0.15) is 20.8 Å². The normalized spacial score (nSPS) is 15.3. The molecule has 0 spiro atoms. The maximum atomic E-state index is 5.44. The van der Waals surface area contributed by atoms with Gasteiger partial charge in [-0.25, -0.2) is 0 Å². The number of rotatable bonds is 0. The lowest BCUT2D eigenvalue weighted by molar-refractivity contribution is -0.555. The molecule has 0 aliphatic carbocycles. The van der Waals surface area contributed by atoms with Crippen molar-refractivity contribution in [3.63, 3.8) is 0 Å². The monoisotopic (exact) mass is 215 g/mol. The van der Waals surface area contributed by atoms with Crippen molar-refractivity contribution in [1.29, 1.82) is 0 Å². The minimum absolute atomic E-state index is 0.146. The Bertz CT molecular complexity index is 674. The lowest BCUT2D eigenvalue weighted by Gasteiger charge is -2.16. The topological polar surface area (TPSA) is 31.4 Å². The second kappa shape index (κ2) is 2.94. The summed E-state index contributed by atoms with van der Waals surface area (Å²) in [4.78, 5) is 0. The van der Waals surface area contributed by atoms with Gasteiger partial charge in [0.05, 0.1) is 11.6 Å². The van der Waals surface area contributed by atoms with Gasteiger partial charge in [-0.05, 0) is 16.6 Å². The van der Waals surface area contributed by atoms with Crippen molar-refractivity contribution in [1.82, 2.24) is 0 Å². The van der Waals surface area contributed by atoms with Crippen LogP contribution in [0.25, 0.3) is 16.5 Å². The third-order valence-corrected chi connectivity index (χ3v) is 3.12. The van der Waals surface area contributed by atoms with Crippen LogP contribution in [0.4, 0.5) is 0 Å². The highest BCUT2D eigenvalue weighted by atomic mass is 16.3. The van der Waals surface area contributed by atoms with Crippen molar-refractivity contribution in [3.8, 4) is 0 Å². The first-order chi connectivity index (χ1) is 7.57. The summed E-state index contributed by atoms with van der Waals surface area (Å²) in [6.07, 6.45) is 3.71. The second-order valence-electron chi connectivity index (χ2n) is 5.24. The Balaban J connectivity index is 2.55. The van der Waals surface area contributed by atoms with E-state index in [4.69, 9.17) is 4.42 Å². The van der Waals surface area contributed by atoms with Gasteiger partial charge in [0.15, 0.2) is 0 Å². The van der Waals surface area contributed by atoms with Gasteiger partial charge in [-0.15, -0.1) is 0 Å². The van der Waals surface area contributed by atoms with E-state index in [-0.39, 0.29) is 5.41 Å². The Kier molecular flexibility index (Phi) is 1.76. The van der Waals surface area contributed by atoms with Gasteiger partial charge in [-0.1, -0.05) is 25.1 Å². The van der Waals surface area contributed by atoms with Gasteiger partial charge in [0.1, 0.15) is 12.1 Å². The molecule has 82 valence electrons. The lowest BCUT2D eigenvalue weighted by Crippen LogP contribution is -2.36. The van der Waals surface area contributed by atoms with Gasteiger partial charge in [0.2, 0.25) is 6.20 Å². The van der Waals surface area contributed by atoms with E-state index in [0.717, 1.165) is 17.5 Å². The molecule has 0 bridgehead atoms. The second-order valence-corrected chi connectivity index (χ2v) is 5.24. The fourth-order valence-electron chi connectivity index (χ4n) is 2.21. The zero-order valence-corrected chi connectivity index (χ0v) is 9.82. The minimum Gasteiger partial charge on any atom is -0.464 e. The largest absolute Gasteiger partial charge is 0.464 e. The number of furan rings is 1. The molecule has 2 aromatic heterocycles. The van der Waals surface area contributed by atoms with Crippen LogP contribution in [0.3, 0.4) is 0 Å². The summed E-state index contributed by atoms with van der Waals surface area (Å²) >= 11 is 0. The SMILES string of the molecule is CC(C)(C)C1=c2c3ccoc3cc[n+]2=NC1. The molecule has 1 aliphatic rings.